The molecule has 8 nitrogen and oxygen atoms in total. The molecule has 3 aromatic rings. The van der Waals surface area contributed by atoms with Crippen molar-refractivity contribution in [1.82, 2.24) is 19.9 Å². The van der Waals surface area contributed by atoms with Gasteiger partial charge in [-0.2, -0.15) is 0 Å². The number of amides is 1. The van der Waals surface area contributed by atoms with E-state index in [0.717, 1.165) is 18.7 Å². The molecule has 26 heavy (non-hydrogen) atoms. The summed E-state index contributed by atoms with van der Waals surface area (Å²) >= 11 is 0. The number of rotatable bonds is 3. The molecule has 1 aliphatic rings. The van der Waals surface area contributed by atoms with E-state index in [1.165, 1.54) is 13.2 Å². The number of fused-ring (bicyclic) bond motifs is 1. The van der Waals surface area contributed by atoms with Crippen molar-refractivity contribution in [2.24, 2.45) is 0 Å². The molecule has 0 unspecified atom stereocenters. The number of aromatic amines is 1. The lowest BCUT2D eigenvalue weighted by molar-refractivity contribution is 0.0594. The number of nitrogens with one attached hydrogen (secondary N) is 1. The Balaban J connectivity index is 1.44. The molecule has 1 aliphatic heterocycles. The maximum Gasteiger partial charge on any atom is 0.354 e. The van der Waals surface area contributed by atoms with Gasteiger partial charge in [-0.3, -0.25) is 4.79 Å². The average Bonchev–Trinajstić information content (AvgIpc) is 3.27. The average molecular weight is 354 g/mol. The first-order chi connectivity index (χ1) is 12.7. The molecular formula is C18H18N4O4. The summed E-state index contributed by atoms with van der Waals surface area (Å²) in [5.74, 6) is 0.739. The van der Waals surface area contributed by atoms with Crippen molar-refractivity contribution in [3.05, 3.63) is 47.9 Å². The molecule has 4 heterocycles. The summed E-state index contributed by atoms with van der Waals surface area (Å²) in [5, 5.41) is 0. The van der Waals surface area contributed by atoms with Crippen LogP contribution in [-0.4, -0.2) is 51.9 Å². The standard InChI is InChI=1S/C18H18N4O4/c1-25-18(24)13-10-14-12(21-13)9-15(26-14)17(23)22-7-3-11(4-8-22)16-19-5-2-6-20-16/h2,5-6,9-11,21H,3-4,7-8H2,1H3. The third kappa shape index (κ3) is 2.94. The highest BCUT2D eigenvalue weighted by Gasteiger charge is 2.28. The van der Waals surface area contributed by atoms with Gasteiger partial charge in [0.2, 0.25) is 0 Å². The fourth-order valence-electron chi connectivity index (χ4n) is 3.27. The number of ether oxygens (including phenoxy) is 1. The van der Waals surface area contributed by atoms with Crippen LogP contribution in [0.2, 0.25) is 0 Å². The molecule has 0 aliphatic carbocycles. The number of nitrogens with zero attached hydrogens (tertiary/aromatic N) is 3. The number of carbonyl (C=O) groups excluding carboxylic acids is 2. The van der Waals surface area contributed by atoms with Gasteiger partial charge in [0.05, 0.1) is 12.6 Å². The third-order valence-corrected chi connectivity index (χ3v) is 4.65. The van der Waals surface area contributed by atoms with E-state index in [-0.39, 0.29) is 17.6 Å². The lowest BCUT2D eigenvalue weighted by Crippen LogP contribution is -2.38. The first kappa shape index (κ1) is 16.3. The number of aromatic nitrogens is 3. The second kappa shape index (κ2) is 6.62. The number of piperidine rings is 1. The lowest BCUT2D eigenvalue weighted by atomic mass is 9.96. The van der Waals surface area contributed by atoms with E-state index in [1.54, 1.807) is 29.4 Å². The predicted octanol–water partition coefficient (Wildman–Crippen LogP) is 2.36. The zero-order valence-electron chi connectivity index (χ0n) is 14.3. The monoisotopic (exact) mass is 354 g/mol. The maximum atomic E-state index is 12.7. The number of esters is 1. The van der Waals surface area contributed by atoms with Crippen LogP contribution in [0.5, 0.6) is 0 Å². The summed E-state index contributed by atoms with van der Waals surface area (Å²) in [5.41, 5.74) is 1.35. The first-order valence-electron chi connectivity index (χ1n) is 8.43. The van der Waals surface area contributed by atoms with Gasteiger partial charge in [-0.25, -0.2) is 14.8 Å². The molecule has 134 valence electrons. The minimum atomic E-state index is -0.477. The zero-order valence-corrected chi connectivity index (χ0v) is 14.3. The second-order valence-electron chi connectivity index (χ2n) is 6.24. The topological polar surface area (TPSA) is 101 Å². The van der Waals surface area contributed by atoms with Crippen molar-refractivity contribution < 1.29 is 18.7 Å². The van der Waals surface area contributed by atoms with Gasteiger partial charge in [0.15, 0.2) is 11.3 Å². The molecule has 1 amide bonds. The van der Waals surface area contributed by atoms with Crippen LogP contribution in [0.4, 0.5) is 0 Å². The van der Waals surface area contributed by atoms with Crippen LogP contribution >= 0.6 is 0 Å². The molecule has 0 atom stereocenters. The number of H-pyrrole nitrogens is 1. The van der Waals surface area contributed by atoms with Crippen LogP contribution in [0.3, 0.4) is 0 Å². The van der Waals surface area contributed by atoms with E-state index >= 15 is 0 Å². The van der Waals surface area contributed by atoms with Crippen molar-refractivity contribution in [1.29, 1.82) is 0 Å². The Bertz CT molecular complexity index is 907. The summed E-state index contributed by atoms with van der Waals surface area (Å²) in [6.07, 6.45) is 5.13. The smallest absolute Gasteiger partial charge is 0.354 e. The highest BCUT2D eigenvalue weighted by molar-refractivity contribution is 5.98. The van der Waals surface area contributed by atoms with Crippen LogP contribution in [0, 0.1) is 0 Å². The fourth-order valence-corrected chi connectivity index (χ4v) is 3.27. The third-order valence-electron chi connectivity index (χ3n) is 4.65. The molecule has 4 rings (SSSR count). The van der Waals surface area contributed by atoms with Crippen molar-refractivity contribution >= 4 is 23.0 Å². The van der Waals surface area contributed by atoms with E-state index < -0.39 is 5.97 Å². The second-order valence-corrected chi connectivity index (χ2v) is 6.24. The van der Waals surface area contributed by atoms with Crippen molar-refractivity contribution in [3.63, 3.8) is 0 Å². The largest absolute Gasteiger partial charge is 0.464 e. The Morgan fingerprint density at radius 2 is 1.96 bits per heavy atom. The Labute approximate surface area is 149 Å². The van der Waals surface area contributed by atoms with Crippen LogP contribution in [0.25, 0.3) is 11.1 Å². The summed E-state index contributed by atoms with van der Waals surface area (Å²) < 4.78 is 10.3. The minimum absolute atomic E-state index is 0.151. The van der Waals surface area contributed by atoms with Gasteiger partial charge in [0.1, 0.15) is 11.5 Å². The normalized spacial score (nSPS) is 15.3. The molecule has 0 radical (unpaired) electrons. The number of carbonyl (C=O) groups is 2. The van der Waals surface area contributed by atoms with Gasteiger partial charge in [-0.15, -0.1) is 0 Å². The number of furan rings is 1. The van der Waals surface area contributed by atoms with Gasteiger partial charge in [-0.1, -0.05) is 0 Å². The molecule has 8 heteroatoms. The molecule has 1 saturated heterocycles. The Hall–Kier alpha value is -3.16. The maximum absolute atomic E-state index is 12.7. The minimum Gasteiger partial charge on any atom is -0.464 e. The van der Waals surface area contributed by atoms with E-state index in [4.69, 9.17) is 4.42 Å². The van der Waals surface area contributed by atoms with E-state index in [1.807, 2.05) is 0 Å². The molecule has 0 saturated carbocycles. The molecule has 3 aromatic heterocycles. The van der Waals surface area contributed by atoms with Crippen LogP contribution in [0.15, 0.2) is 35.0 Å². The van der Waals surface area contributed by atoms with Gasteiger partial charge in [0, 0.05) is 43.5 Å². The summed E-state index contributed by atoms with van der Waals surface area (Å²) in [4.78, 5) is 37.5. The van der Waals surface area contributed by atoms with Crippen LogP contribution < -0.4 is 0 Å². The summed E-state index contributed by atoms with van der Waals surface area (Å²) in [6, 6.07) is 4.96. The molecule has 0 bridgehead atoms. The molecule has 0 spiro atoms. The van der Waals surface area contributed by atoms with Gasteiger partial charge in [0.25, 0.3) is 5.91 Å². The molecule has 1 fully saturated rings. The van der Waals surface area contributed by atoms with Gasteiger partial charge >= 0.3 is 5.97 Å². The predicted molar refractivity (Wildman–Crippen MR) is 91.8 cm³/mol. The SMILES string of the molecule is COC(=O)c1cc2oc(C(=O)N3CCC(c4ncccn4)CC3)cc2[nH]1. The number of hydrogen-bond donors (Lipinski definition) is 1. The van der Waals surface area contributed by atoms with E-state index in [9.17, 15) is 9.59 Å². The van der Waals surface area contributed by atoms with Crippen LogP contribution in [-0.2, 0) is 4.74 Å². The first-order valence-corrected chi connectivity index (χ1v) is 8.43. The highest BCUT2D eigenvalue weighted by Crippen LogP contribution is 2.27. The Morgan fingerprint density at radius 1 is 1.23 bits per heavy atom. The van der Waals surface area contributed by atoms with Crippen LogP contribution in [0.1, 0.15) is 45.6 Å². The zero-order chi connectivity index (χ0) is 18.1. The number of hydrogen-bond acceptors (Lipinski definition) is 6. The Morgan fingerprint density at radius 3 is 2.62 bits per heavy atom. The van der Waals surface area contributed by atoms with Crippen molar-refractivity contribution in [3.8, 4) is 0 Å². The number of likely N-dealkylation sites (tertiary alicyclic amines) is 1. The highest BCUT2D eigenvalue weighted by atomic mass is 16.5. The lowest BCUT2D eigenvalue weighted by Gasteiger charge is -2.30. The Kier molecular flexibility index (Phi) is 4.16. The summed E-state index contributed by atoms with van der Waals surface area (Å²) in [6.45, 7) is 1.26. The number of methoxy groups -OCH3 is 1. The fraction of sp³-hybridized carbons (Fsp3) is 0.333. The van der Waals surface area contributed by atoms with E-state index in [2.05, 4.69) is 19.7 Å². The van der Waals surface area contributed by atoms with Gasteiger partial charge in [-0.05, 0) is 18.9 Å². The molecular weight excluding hydrogens is 336 g/mol. The van der Waals surface area contributed by atoms with E-state index in [0.29, 0.717) is 29.9 Å². The van der Waals surface area contributed by atoms with Crippen molar-refractivity contribution in [2.75, 3.05) is 20.2 Å². The van der Waals surface area contributed by atoms with Crippen molar-refractivity contribution in [2.45, 2.75) is 18.8 Å². The molecule has 0 aromatic carbocycles. The van der Waals surface area contributed by atoms with Gasteiger partial charge < -0.3 is 19.0 Å². The molecule has 1 N–H and O–H groups in total. The summed E-state index contributed by atoms with van der Waals surface area (Å²) in [7, 11) is 1.31. The quantitative estimate of drug-likeness (QED) is 0.725.